The molecule has 5 rings (SSSR count). The summed E-state index contributed by atoms with van der Waals surface area (Å²) in [4.78, 5) is 4.61. The molecule has 0 saturated carbocycles. The molecule has 0 unspecified atom stereocenters. The Bertz CT molecular complexity index is 1390. The first-order valence-electron chi connectivity index (χ1n) is 10.9. The van der Waals surface area contributed by atoms with E-state index in [9.17, 15) is 0 Å². The van der Waals surface area contributed by atoms with Gasteiger partial charge in [0.25, 0.3) is 0 Å². The average molecular weight is 414 g/mol. The number of pyridine rings is 2. The standard InChI is InChI=1S/C30H25N2/c1-22-11-3-4-12-24(22)23-18-20-32(2)30(21-23)28-16-8-6-14-26(28)25-13-5-7-15-27(25)29-17-9-10-19-31-29/h3-21H,1-2H3/q+1. The van der Waals surface area contributed by atoms with E-state index in [0.29, 0.717) is 0 Å². The molecule has 0 aliphatic heterocycles. The zero-order valence-corrected chi connectivity index (χ0v) is 18.4. The molecule has 154 valence electrons. The van der Waals surface area contributed by atoms with Crippen LogP contribution in [0.1, 0.15) is 5.56 Å². The molecule has 0 atom stereocenters. The summed E-state index contributed by atoms with van der Waals surface area (Å²) >= 11 is 0. The fraction of sp³-hybridized carbons (Fsp3) is 0.0667. The van der Waals surface area contributed by atoms with Gasteiger partial charge in [-0.15, -0.1) is 0 Å². The number of nitrogens with zero attached hydrogens (tertiary/aromatic N) is 2. The summed E-state index contributed by atoms with van der Waals surface area (Å²) < 4.78 is 2.20. The predicted molar refractivity (Wildman–Crippen MR) is 132 cm³/mol. The Hall–Kier alpha value is -4.04. The molecule has 0 fully saturated rings. The molecule has 0 spiro atoms. The molecule has 0 radical (unpaired) electrons. The highest BCUT2D eigenvalue weighted by atomic mass is 14.9. The van der Waals surface area contributed by atoms with Crippen molar-refractivity contribution in [2.24, 2.45) is 7.05 Å². The normalized spacial score (nSPS) is 10.8. The first-order valence-corrected chi connectivity index (χ1v) is 10.9. The van der Waals surface area contributed by atoms with Gasteiger partial charge in [0.05, 0.1) is 11.3 Å². The quantitative estimate of drug-likeness (QED) is 0.293. The Labute approximate surface area is 189 Å². The molecule has 0 aliphatic carbocycles. The zero-order valence-electron chi connectivity index (χ0n) is 18.4. The maximum atomic E-state index is 4.61. The summed E-state index contributed by atoms with van der Waals surface area (Å²) in [7, 11) is 2.11. The molecule has 2 heterocycles. The number of aromatic nitrogens is 2. The number of rotatable bonds is 4. The smallest absolute Gasteiger partial charge is 0.213 e. The Kier molecular flexibility index (Phi) is 5.35. The Morgan fingerprint density at radius 3 is 1.88 bits per heavy atom. The van der Waals surface area contributed by atoms with Gasteiger partial charge in [-0.05, 0) is 52.9 Å². The van der Waals surface area contributed by atoms with Gasteiger partial charge in [0, 0.05) is 23.9 Å². The lowest BCUT2D eigenvalue weighted by molar-refractivity contribution is -0.660. The largest absolute Gasteiger partial charge is 0.256 e. The highest BCUT2D eigenvalue weighted by Gasteiger charge is 2.19. The Morgan fingerprint density at radius 1 is 0.594 bits per heavy atom. The summed E-state index contributed by atoms with van der Waals surface area (Å²) in [5, 5.41) is 0. The van der Waals surface area contributed by atoms with Crippen molar-refractivity contribution in [3.8, 4) is 44.8 Å². The minimum atomic E-state index is 0.982. The SMILES string of the molecule is Cc1ccccc1-c1cc[n+](C)c(-c2ccccc2-c2ccccc2-c2ccccn2)c1. The molecule has 0 bridgehead atoms. The van der Waals surface area contributed by atoms with E-state index in [4.69, 9.17) is 0 Å². The van der Waals surface area contributed by atoms with Crippen LogP contribution in [0.3, 0.4) is 0 Å². The average Bonchev–Trinajstić information content (AvgIpc) is 2.85. The van der Waals surface area contributed by atoms with E-state index in [0.717, 1.165) is 11.3 Å². The summed E-state index contributed by atoms with van der Waals surface area (Å²) in [5.74, 6) is 0. The van der Waals surface area contributed by atoms with Crippen LogP contribution in [0, 0.1) is 6.92 Å². The molecule has 2 nitrogen and oxygen atoms in total. The first kappa shape index (κ1) is 19.9. The van der Waals surface area contributed by atoms with Gasteiger partial charge >= 0.3 is 0 Å². The number of hydrogen-bond donors (Lipinski definition) is 0. The number of hydrogen-bond acceptors (Lipinski definition) is 1. The molecule has 0 N–H and O–H groups in total. The summed E-state index contributed by atoms with van der Waals surface area (Å²) in [6, 6.07) is 36.3. The number of aryl methyl sites for hydroxylation is 2. The second-order valence-corrected chi connectivity index (χ2v) is 8.03. The van der Waals surface area contributed by atoms with Crippen LogP contribution in [-0.4, -0.2) is 4.98 Å². The number of benzene rings is 3. The van der Waals surface area contributed by atoms with Crippen LogP contribution in [0.15, 0.2) is 116 Å². The zero-order chi connectivity index (χ0) is 21.9. The third-order valence-electron chi connectivity index (χ3n) is 5.97. The van der Waals surface area contributed by atoms with Crippen molar-refractivity contribution in [2.45, 2.75) is 6.92 Å². The fourth-order valence-corrected chi connectivity index (χ4v) is 4.31. The Morgan fingerprint density at radius 2 is 1.19 bits per heavy atom. The highest BCUT2D eigenvalue weighted by molar-refractivity contribution is 5.90. The third kappa shape index (κ3) is 3.72. The first-order chi connectivity index (χ1) is 15.7. The molecule has 32 heavy (non-hydrogen) atoms. The lowest BCUT2D eigenvalue weighted by Gasteiger charge is -2.14. The summed E-state index contributed by atoms with van der Waals surface area (Å²) in [5.41, 5.74) is 10.7. The van der Waals surface area contributed by atoms with E-state index in [1.807, 2.05) is 18.3 Å². The highest BCUT2D eigenvalue weighted by Crippen LogP contribution is 2.37. The van der Waals surface area contributed by atoms with Crippen molar-refractivity contribution >= 4 is 0 Å². The van der Waals surface area contributed by atoms with E-state index in [1.165, 1.54) is 39.1 Å². The molecule has 0 saturated heterocycles. The van der Waals surface area contributed by atoms with Crippen LogP contribution in [0.5, 0.6) is 0 Å². The van der Waals surface area contributed by atoms with Crippen LogP contribution in [0.2, 0.25) is 0 Å². The maximum absolute atomic E-state index is 4.61. The van der Waals surface area contributed by atoms with Gasteiger partial charge in [-0.3, -0.25) is 4.98 Å². The van der Waals surface area contributed by atoms with Gasteiger partial charge in [-0.25, -0.2) is 4.57 Å². The maximum Gasteiger partial charge on any atom is 0.213 e. The monoisotopic (exact) mass is 413 g/mol. The molecule has 2 aromatic heterocycles. The van der Waals surface area contributed by atoms with E-state index >= 15 is 0 Å². The fourth-order valence-electron chi connectivity index (χ4n) is 4.31. The van der Waals surface area contributed by atoms with Gasteiger partial charge in [0.1, 0.15) is 7.05 Å². The van der Waals surface area contributed by atoms with Gasteiger partial charge in [0.2, 0.25) is 5.69 Å². The molecule has 0 amide bonds. The lowest BCUT2D eigenvalue weighted by atomic mass is 9.91. The van der Waals surface area contributed by atoms with Crippen LogP contribution in [0.4, 0.5) is 0 Å². The van der Waals surface area contributed by atoms with Crippen molar-refractivity contribution in [1.29, 1.82) is 0 Å². The molecule has 5 aromatic rings. The van der Waals surface area contributed by atoms with E-state index in [-0.39, 0.29) is 0 Å². The van der Waals surface area contributed by atoms with Crippen LogP contribution < -0.4 is 4.57 Å². The van der Waals surface area contributed by atoms with Crippen molar-refractivity contribution in [2.75, 3.05) is 0 Å². The van der Waals surface area contributed by atoms with Gasteiger partial charge in [-0.1, -0.05) is 72.8 Å². The molecule has 3 aromatic carbocycles. The van der Waals surface area contributed by atoms with Crippen molar-refractivity contribution in [3.05, 3.63) is 121 Å². The van der Waals surface area contributed by atoms with Crippen molar-refractivity contribution in [1.82, 2.24) is 4.98 Å². The van der Waals surface area contributed by atoms with E-state index in [2.05, 4.69) is 121 Å². The van der Waals surface area contributed by atoms with Crippen LogP contribution in [0.25, 0.3) is 44.8 Å². The predicted octanol–water partition coefficient (Wildman–Crippen LogP) is 6.88. The van der Waals surface area contributed by atoms with Crippen LogP contribution in [-0.2, 0) is 7.05 Å². The molecular formula is C30H25N2+. The molecular weight excluding hydrogens is 388 g/mol. The topological polar surface area (TPSA) is 16.8 Å². The summed E-state index contributed by atoms with van der Waals surface area (Å²) in [6.07, 6.45) is 4.00. The molecule has 0 aliphatic rings. The van der Waals surface area contributed by atoms with E-state index in [1.54, 1.807) is 0 Å². The third-order valence-corrected chi connectivity index (χ3v) is 5.97. The van der Waals surface area contributed by atoms with Crippen molar-refractivity contribution in [3.63, 3.8) is 0 Å². The van der Waals surface area contributed by atoms with Gasteiger partial charge in [0.15, 0.2) is 6.20 Å². The van der Waals surface area contributed by atoms with Crippen LogP contribution >= 0.6 is 0 Å². The van der Waals surface area contributed by atoms with E-state index < -0.39 is 0 Å². The molecule has 2 heteroatoms. The lowest BCUT2D eigenvalue weighted by Crippen LogP contribution is -2.30. The van der Waals surface area contributed by atoms with Gasteiger partial charge < -0.3 is 0 Å². The minimum Gasteiger partial charge on any atom is -0.256 e. The second kappa shape index (κ2) is 8.60. The minimum absolute atomic E-state index is 0.982. The Balaban J connectivity index is 1.70. The summed E-state index contributed by atoms with van der Waals surface area (Å²) in [6.45, 7) is 2.17. The van der Waals surface area contributed by atoms with Gasteiger partial charge in [-0.2, -0.15) is 0 Å². The second-order valence-electron chi connectivity index (χ2n) is 8.03. The van der Waals surface area contributed by atoms with Crippen molar-refractivity contribution < 1.29 is 4.57 Å².